The van der Waals surface area contributed by atoms with Crippen molar-refractivity contribution in [1.82, 2.24) is 4.98 Å². The van der Waals surface area contributed by atoms with Gasteiger partial charge in [0.15, 0.2) is 5.78 Å². The Kier molecular flexibility index (Phi) is 3.54. The normalized spacial score (nSPS) is 18.1. The number of carbonyl (C=O) groups is 1. The van der Waals surface area contributed by atoms with Gasteiger partial charge in [-0.3, -0.25) is 4.79 Å². The molecule has 20 heavy (non-hydrogen) atoms. The van der Waals surface area contributed by atoms with Crippen LogP contribution in [0, 0.1) is 0 Å². The molecule has 2 aromatic rings. The molecule has 3 rings (SSSR count). The highest BCUT2D eigenvalue weighted by Gasteiger charge is 2.23. The number of carbonyl (C=O) groups excluding carboxylic acids is 1. The second-order valence-electron chi connectivity index (χ2n) is 5.23. The van der Waals surface area contributed by atoms with Crippen LogP contribution >= 0.6 is 11.6 Å². The zero-order valence-corrected chi connectivity index (χ0v) is 11.7. The minimum atomic E-state index is -1.01. The summed E-state index contributed by atoms with van der Waals surface area (Å²) in [6.07, 6.45) is 0.293. The van der Waals surface area contributed by atoms with Gasteiger partial charge in [-0.15, -0.1) is 11.6 Å². The van der Waals surface area contributed by atoms with Crippen molar-refractivity contribution in [2.75, 3.05) is 5.88 Å². The maximum absolute atomic E-state index is 11.9. The van der Waals surface area contributed by atoms with Crippen molar-refractivity contribution in [3.63, 3.8) is 0 Å². The van der Waals surface area contributed by atoms with E-state index in [2.05, 4.69) is 4.98 Å². The number of nitrogens with one attached hydrogen (secondary N) is 1. The summed E-state index contributed by atoms with van der Waals surface area (Å²) >= 11 is 5.57. The topological polar surface area (TPSA) is 73.3 Å². The largest absolute Gasteiger partial charge is 0.389 e. The van der Waals surface area contributed by atoms with Crippen LogP contribution in [0.2, 0.25) is 0 Å². The Morgan fingerprint density at radius 2 is 2.10 bits per heavy atom. The Balaban J connectivity index is 2.09. The monoisotopic (exact) mass is 293 g/mol. The number of aliphatic hydroxyl groups excluding tert-OH is 2. The van der Waals surface area contributed by atoms with Crippen LogP contribution in [-0.4, -0.2) is 33.0 Å². The number of hydrogen-bond acceptors (Lipinski definition) is 3. The van der Waals surface area contributed by atoms with Gasteiger partial charge in [0, 0.05) is 17.3 Å². The molecule has 4 nitrogen and oxygen atoms in total. The molecule has 0 saturated heterocycles. The molecular formula is C15H16ClNO3. The molecule has 1 aromatic heterocycles. The number of aromatic nitrogens is 1. The number of fused-ring (bicyclic) bond motifs is 3. The van der Waals surface area contributed by atoms with Gasteiger partial charge in [-0.05, 0) is 36.1 Å². The molecule has 0 amide bonds. The van der Waals surface area contributed by atoms with E-state index in [0.29, 0.717) is 17.7 Å². The second kappa shape index (κ2) is 5.20. The third-order valence-corrected chi connectivity index (χ3v) is 4.22. The number of aromatic amines is 1. The van der Waals surface area contributed by atoms with Crippen molar-refractivity contribution in [3.8, 4) is 0 Å². The fourth-order valence-corrected chi connectivity index (χ4v) is 2.97. The van der Waals surface area contributed by atoms with E-state index in [4.69, 9.17) is 11.6 Å². The lowest BCUT2D eigenvalue weighted by Gasteiger charge is -2.16. The molecule has 0 radical (unpaired) electrons. The van der Waals surface area contributed by atoms with Crippen molar-refractivity contribution in [1.29, 1.82) is 0 Å². The summed E-state index contributed by atoms with van der Waals surface area (Å²) in [5, 5.41) is 20.6. The summed E-state index contributed by atoms with van der Waals surface area (Å²) in [7, 11) is 0. The van der Waals surface area contributed by atoms with Gasteiger partial charge >= 0.3 is 0 Å². The molecule has 0 fully saturated rings. The first-order valence-corrected chi connectivity index (χ1v) is 7.25. The molecule has 2 unspecified atom stereocenters. The second-order valence-corrected chi connectivity index (χ2v) is 5.54. The van der Waals surface area contributed by atoms with Gasteiger partial charge < -0.3 is 15.2 Å². The predicted molar refractivity (Wildman–Crippen MR) is 77.3 cm³/mol. The molecule has 2 atom stereocenters. The summed E-state index contributed by atoms with van der Waals surface area (Å²) in [6.45, 7) is 0. The Bertz CT molecular complexity index is 664. The van der Waals surface area contributed by atoms with E-state index in [0.717, 1.165) is 29.3 Å². The number of H-pyrrole nitrogens is 1. The van der Waals surface area contributed by atoms with Gasteiger partial charge in [0.25, 0.3) is 0 Å². The quantitative estimate of drug-likeness (QED) is 0.760. The minimum Gasteiger partial charge on any atom is -0.389 e. The Hall–Kier alpha value is -1.36. The third kappa shape index (κ3) is 2.14. The van der Waals surface area contributed by atoms with Crippen LogP contribution in [0.15, 0.2) is 18.2 Å². The molecule has 0 bridgehead atoms. The van der Waals surface area contributed by atoms with Crippen molar-refractivity contribution in [3.05, 3.63) is 35.0 Å². The first-order chi connectivity index (χ1) is 9.61. The van der Waals surface area contributed by atoms with Crippen LogP contribution in [0.1, 0.15) is 40.6 Å². The first-order valence-electron chi connectivity index (χ1n) is 6.71. The molecule has 0 saturated carbocycles. The number of hydrogen-bond donors (Lipinski definition) is 3. The standard InChI is InChI=1S/C15H16ClNO3/c16-7-13(19)15(20)8-4-5-11-10(6-8)9-2-1-3-12(18)14(9)17-11/h4-6,13,15,17,19-20H,1-3,7H2. The van der Waals surface area contributed by atoms with Crippen LogP contribution in [0.3, 0.4) is 0 Å². The molecule has 0 aliphatic heterocycles. The first kappa shape index (κ1) is 13.6. The molecule has 1 aliphatic carbocycles. The summed E-state index contributed by atoms with van der Waals surface area (Å²) in [4.78, 5) is 15.0. The van der Waals surface area contributed by atoms with Crippen LogP contribution in [0.5, 0.6) is 0 Å². The van der Waals surface area contributed by atoms with E-state index in [1.54, 1.807) is 6.07 Å². The number of aliphatic hydroxyl groups is 2. The lowest BCUT2D eigenvalue weighted by atomic mass is 9.93. The number of alkyl halides is 1. The SMILES string of the molecule is O=C1CCCc2c1[nH]c1ccc(C(O)C(O)CCl)cc21. The number of ketones is 1. The third-order valence-electron chi connectivity index (χ3n) is 3.90. The molecular weight excluding hydrogens is 278 g/mol. The summed E-state index contributed by atoms with van der Waals surface area (Å²) in [5.41, 5.74) is 3.22. The maximum Gasteiger partial charge on any atom is 0.179 e. The van der Waals surface area contributed by atoms with Crippen molar-refractivity contribution >= 4 is 28.3 Å². The zero-order chi connectivity index (χ0) is 14.3. The fourth-order valence-electron chi connectivity index (χ4n) is 2.80. The number of aryl methyl sites for hydroxylation is 1. The lowest BCUT2D eigenvalue weighted by Crippen LogP contribution is -2.19. The maximum atomic E-state index is 11.9. The summed E-state index contributed by atoms with van der Waals surface area (Å²) in [6, 6.07) is 5.42. The van der Waals surface area contributed by atoms with Crippen molar-refractivity contribution in [2.24, 2.45) is 0 Å². The van der Waals surface area contributed by atoms with E-state index >= 15 is 0 Å². The van der Waals surface area contributed by atoms with E-state index in [9.17, 15) is 15.0 Å². The highest BCUT2D eigenvalue weighted by Crippen LogP contribution is 2.31. The fraction of sp³-hybridized carbons (Fsp3) is 0.400. The van der Waals surface area contributed by atoms with Gasteiger partial charge in [0.2, 0.25) is 0 Å². The molecule has 5 heteroatoms. The molecule has 1 aliphatic rings. The van der Waals surface area contributed by atoms with Gasteiger partial charge in [0.1, 0.15) is 6.10 Å². The van der Waals surface area contributed by atoms with Gasteiger partial charge in [-0.25, -0.2) is 0 Å². The average Bonchev–Trinajstić information content (AvgIpc) is 2.85. The van der Waals surface area contributed by atoms with Crippen LogP contribution in [-0.2, 0) is 6.42 Å². The van der Waals surface area contributed by atoms with Crippen LogP contribution in [0.4, 0.5) is 0 Å². The van der Waals surface area contributed by atoms with E-state index in [1.807, 2.05) is 12.1 Å². The van der Waals surface area contributed by atoms with E-state index in [-0.39, 0.29) is 11.7 Å². The van der Waals surface area contributed by atoms with Gasteiger partial charge in [-0.2, -0.15) is 0 Å². The Morgan fingerprint density at radius 3 is 2.85 bits per heavy atom. The number of benzene rings is 1. The molecule has 0 spiro atoms. The van der Waals surface area contributed by atoms with Crippen LogP contribution in [0.25, 0.3) is 10.9 Å². The van der Waals surface area contributed by atoms with E-state index in [1.165, 1.54) is 0 Å². The molecule has 1 heterocycles. The number of halogens is 1. The average molecular weight is 294 g/mol. The minimum absolute atomic E-state index is 0.0249. The molecule has 1 aromatic carbocycles. The lowest BCUT2D eigenvalue weighted by molar-refractivity contribution is 0.0328. The van der Waals surface area contributed by atoms with E-state index < -0.39 is 12.2 Å². The van der Waals surface area contributed by atoms with Gasteiger partial charge in [0.05, 0.1) is 17.7 Å². The highest BCUT2D eigenvalue weighted by molar-refractivity contribution is 6.18. The van der Waals surface area contributed by atoms with Gasteiger partial charge in [-0.1, -0.05) is 6.07 Å². The Morgan fingerprint density at radius 1 is 1.30 bits per heavy atom. The number of Topliss-reactive ketones (excluding diaryl/α,β-unsaturated/α-hetero) is 1. The summed E-state index contributed by atoms with van der Waals surface area (Å²) in [5.74, 6) is 0.119. The predicted octanol–water partition coefficient (Wildman–Crippen LogP) is 2.32. The smallest absolute Gasteiger partial charge is 0.179 e. The summed E-state index contributed by atoms with van der Waals surface area (Å²) < 4.78 is 0. The van der Waals surface area contributed by atoms with Crippen molar-refractivity contribution < 1.29 is 15.0 Å². The molecule has 106 valence electrons. The van der Waals surface area contributed by atoms with Crippen LogP contribution < -0.4 is 0 Å². The zero-order valence-electron chi connectivity index (χ0n) is 10.9. The highest BCUT2D eigenvalue weighted by atomic mass is 35.5. The van der Waals surface area contributed by atoms with Crippen molar-refractivity contribution in [2.45, 2.75) is 31.5 Å². The Labute approximate surface area is 121 Å². The molecule has 3 N–H and O–H groups in total. The number of rotatable bonds is 3.